The summed E-state index contributed by atoms with van der Waals surface area (Å²) in [5.74, 6) is 1.12. The second kappa shape index (κ2) is 11.1. The number of aryl methyl sites for hydroxylation is 1. The third kappa shape index (κ3) is 4.78. The molecule has 1 aliphatic rings. The Labute approximate surface area is 207 Å². The second-order valence-corrected chi connectivity index (χ2v) is 8.86. The Morgan fingerprint density at radius 1 is 1.09 bits per heavy atom. The van der Waals surface area contributed by atoms with Gasteiger partial charge in [-0.15, -0.1) is 0 Å². The molecule has 2 aromatic carbocycles. The molecule has 0 bridgehead atoms. The van der Waals surface area contributed by atoms with Crippen LogP contribution in [0.25, 0.3) is 0 Å². The highest BCUT2D eigenvalue weighted by molar-refractivity contribution is 5.91. The number of aromatic nitrogens is 2. The van der Waals surface area contributed by atoms with Gasteiger partial charge in [0, 0.05) is 27.1 Å². The summed E-state index contributed by atoms with van der Waals surface area (Å²) < 4.78 is 9.88. The third-order valence-corrected chi connectivity index (χ3v) is 7.20. The molecule has 176 valence electrons. The lowest BCUT2D eigenvalue weighted by molar-refractivity contribution is -0.703. The minimum absolute atomic E-state index is 0. The van der Waals surface area contributed by atoms with Crippen molar-refractivity contribution in [2.24, 2.45) is 11.7 Å². The van der Waals surface area contributed by atoms with Crippen LogP contribution in [-0.4, -0.2) is 24.2 Å². The molecule has 1 aromatic heterocycles. The summed E-state index contributed by atoms with van der Waals surface area (Å²) in [6.45, 7) is 3.89. The first-order chi connectivity index (χ1) is 15.6. The number of imidazole rings is 1. The van der Waals surface area contributed by atoms with E-state index in [9.17, 15) is 4.79 Å². The molecule has 4 rings (SSSR count). The Kier molecular flexibility index (Phi) is 8.49. The van der Waals surface area contributed by atoms with Gasteiger partial charge in [0.25, 0.3) is 5.82 Å². The normalized spacial score (nSPS) is 18.1. The van der Waals surface area contributed by atoms with Gasteiger partial charge in [-0.25, -0.2) is 9.13 Å². The fraction of sp³-hybridized carbons (Fsp3) is 0.407. The molecule has 3 aromatic rings. The van der Waals surface area contributed by atoms with E-state index in [4.69, 9.17) is 10.5 Å². The largest absolute Gasteiger partial charge is 1.00 e. The fourth-order valence-electron chi connectivity index (χ4n) is 5.65. The number of carbonyl (C=O) groups excluding carboxylic acids is 1. The van der Waals surface area contributed by atoms with Gasteiger partial charge in [-0.3, -0.25) is 4.79 Å². The van der Waals surface area contributed by atoms with E-state index >= 15 is 0 Å². The van der Waals surface area contributed by atoms with E-state index in [0.717, 1.165) is 50.0 Å². The SMILES string of the molecule is COCCC[n+]1ccn(C2CCC(C(C(N)=O)(c3ccccc3)c3ccccc3)C2)c1C.[Br-]. The average Bonchev–Trinajstić information content (AvgIpc) is 3.43. The molecule has 1 saturated carbocycles. The molecule has 0 spiro atoms. The molecular formula is C27H34BrN3O2. The molecule has 0 radical (unpaired) electrons. The summed E-state index contributed by atoms with van der Waals surface area (Å²) in [5.41, 5.74) is 7.39. The minimum Gasteiger partial charge on any atom is -1.00 e. The summed E-state index contributed by atoms with van der Waals surface area (Å²) in [4.78, 5) is 13.3. The van der Waals surface area contributed by atoms with Crippen LogP contribution in [0.3, 0.4) is 0 Å². The van der Waals surface area contributed by atoms with E-state index in [0.29, 0.717) is 6.04 Å². The second-order valence-electron chi connectivity index (χ2n) is 8.86. The highest BCUT2D eigenvalue weighted by atomic mass is 79.9. The Balaban J connectivity index is 0.00000306. The first-order valence-electron chi connectivity index (χ1n) is 11.6. The zero-order valence-electron chi connectivity index (χ0n) is 19.5. The molecule has 6 heteroatoms. The number of carbonyl (C=O) groups is 1. The van der Waals surface area contributed by atoms with Crippen molar-refractivity contribution in [3.8, 4) is 0 Å². The lowest BCUT2D eigenvalue weighted by atomic mass is 9.64. The van der Waals surface area contributed by atoms with Gasteiger partial charge in [0.2, 0.25) is 5.91 Å². The number of hydrogen-bond acceptors (Lipinski definition) is 2. The lowest BCUT2D eigenvalue weighted by Crippen LogP contribution is -3.00. The van der Waals surface area contributed by atoms with Crippen molar-refractivity contribution < 1.29 is 31.1 Å². The summed E-state index contributed by atoms with van der Waals surface area (Å²) in [6, 6.07) is 20.5. The number of nitrogens with two attached hydrogens (primary N) is 1. The number of methoxy groups -OCH3 is 1. The molecule has 1 amide bonds. The predicted octanol–water partition coefficient (Wildman–Crippen LogP) is 0.937. The number of ether oxygens (including phenoxy) is 1. The Morgan fingerprint density at radius 3 is 2.24 bits per heavy atom. The third-order valence-electron chi connectivity index (χ3n) is 7.20. The average molecular weight is 512 g/mol. The first-order valence-corrected chi connectivity index (χ1v) is 11.6. The van der Waals surface area contributed by atoms with Gasteiger partial charge in [-0.2, -0.15) is 0 Å². The van der Waals surface area contributed by atoms with Crippen LogP contribution in [0.2, 0.25) is 0 Å². The molecule has 33 heavy (non-hydrogen) atoms. The van der Waals surface area contributed by atoms with Crippen molar-refractivity contribution in [3.63, 3.8) is 0 Å². The van der Waals surface area contributed by atoms with Crippen LogP contribution in [0.1, 0.15) is 48.7 Å². The van der Waals surface area contributed by atoms with Crippen LogP contribution < -0.4 is 27.3 Å². The quantitative estimate of drug-likeness (QED) is 0.343. The van der Waals surface area contributed by atoms with Crippen LogP contribution in [0, 0.1) is 12.8 Å². The predicted molar refractivity (Wildman–Crippen MR) is 125 cm³/mol. The van der Waals surface area contributed by atoms with Gasteiger partial charge in [0.05, 0.1) is 6.54 Å². The Bertz CT molecular complexity index is 997. The number of nitrogens with zero attached hydrogens (tertiary/aromatic N) is 2. The van der Waals surface area contributed by atoms with E-state index in [-0.39, 0.29) is 28.8 Å². The van der Waals surface area contributed by atoms with Gasteiger partial charge in [-0.05, 0) is 36.3 Å². The van der Waals surface area contributed by atoms with Crippen LogP contribution in [0.4, 0.5) is 0 Å². The molecule has 1 aliphatic carbocycles. The number of halogens is 1. The van der Waals surface area contributed by atoms with Crippen LogP contribution >= 0.6 is 0 Å². The number of primary amides is 1. The Morgan fingerprint density at radius 2 is 1.70 bits per heavy atom. The standard InChI is InChI=1S/C27H33N3O2.BrH/c1-21-29(16-9-19-32-2)17-18-30(21)25-15-14-24(20-25)27(26(28)31,22-10-5-3-6-11-22)23-12-7-4-8-13-23;/h3-8,10-13,17-18,24-25H,9,14-16,19-20H2,1-2H3,(H-,28,31);1H. The number of hydrogen-bond donors (Lipinski definition) is 1. The van der Waals surface area contributed by atoms with Crippen molar-refractivity contribution in [3.05, 3.63) is 90.0 Å². The highest BCUT2D eigenvalue weighted by Gasteiger charge is 2.51. The van der Waals surface area contributed by atoms with Crippen molar-refractivity contribution in [1.82, 2.24) is 4.57 Å². The van der Waals surface area contributed by atoms with E-state index in [1.54, 1.807) is 7.11 Å². The van der Waals surface area contributed by atoms with Crippen molar-refractivity contribution in [1.29, 1.82) is 0 Å². The monoisotopic (exact) mass is 511 g/mol. The van der Waals surface area contributed by atoms with Crippen molar-refractivity contribution in [2.75, 3.05) is 13.7 Å². The van der Waals surface area contributed by atoms with Crippen LogP contribution in [0.15, 0.2) is 73.1 Å². The van der Waals surface area contributed by atoms with E-state index in [2.05, 4.69) is 52.7 Å². The molecule has 2 N–H and O–H groups in total. The zero-order valence-corrected chi connectivity index (χ0v) is 21.1. The number of benzene rings is 2. The summed E-state index contributed by atoms with van der Waals surface area (Å²) in [7, 11) is 1.74. The smallest absolute Gasteiger partial charge is 0.253 e. The van der Waals surface area contributed by atoms with Gasteiger partial charge in [0.15, 0.2) is 0 Å². The molecule has 0 saturated heterocycles. The topological polar surface area (TPSA) is 61.1 Å². The van der Waals surface area contributed by atoms with Crippen molar-refractivity contribution >= 4 is 5.91 Å². The van der Waals surface area contributed by atoms with Gasteiger partial charge < -0.3 is 27.5 Å². The zero-order chi connectivity index (χ0) is 22.6. The number of rotatable bonds is 9. The maximum atomic E-state index is 13.3. The Hall–Kier alpha value is -2.44. The van der Waals surface area contributed by atoms with Crippen LogP contribution in [0.5, 0.6) is 0 Å². The summed E-state index contributed by atoms with van der Waals surface area (Å²) in [5, 5.41) is 0. The maximum absolute atomic E-state index is 13.3. The fourth-order valence-corrected chi connectivity index (χ4v) is 5.65. The number of amides is 1. The van der Waals surface area contributed by atoms with Crippen LogP contribution in [-0.2, 0) is 21.5 Å². The molecule has 1 heterocycles. The van der Waals surface area contributed by atoms with Gasteiger partial charge in [-0.1, -0.05) is 60.7 Å². The first kappa shape index (κ1) is 25.2. The minimum atomic E-state index is -0.827. The van der Waals surface area contributed by atoms with Crippen molar-refractivity contribution in [2.45, 2.75) is 50.6 Å². The van der Waals surface area contributed by atoms with Gasteiger partial charge >= 0.3 is 0 Å². The van der Waals surface area contributed by atoms with Gasteiger partial charge in [0.1, 0.15) is 23.9 Å². The molecule has 0 aliphatic heterocycles. The molecular weight excluding hydrogens is 478 g/mol. The molecule has 5 nitrogen and oxygen atoms in total. The molecule has 2 atom stereocenters. The maximum Gasteiger partial charge on any atom is 0.253 e. The molecule has 2 unspecified atom stereocenters. The lowest BCUT2D eigenvalue weighted by Gasteiger charge is -2.37. The van der Waals surface area contributed by atoms with E-state index in [1.807, 2.05) is 36.4 Å². The highest BCUT2D eigenvalue weighted by Crippen LogP contribution is 2.49. The van der Waals surface area contributed by atoms with E-state index in [1.165, 1.54) is 5.82 Å². The molecule has 1 fully saturated rings. The van der Waals surface area contributed by atoms with E-state index < -0.39 is 5.41 Å². The summed E-state index contributed by atoms with van der Waals surface area (Å²) in [6.07, 6.45) is 8.25. The summed E-state index contributed by atoms with van der Waals surface area (Å²) >= 11 is 0.